The molecule has 3 aromatic carbocycles. The lowest BCUT2D eigenvalue weighted by atomic mass is 10.00. The van der Waals surface area contributed by atoms with Crippen molar-refractivity contribution in [2.24, 2.45) is 4.99 Å². The van der Waals surface area contributed by atoms with E-state index in [0.717, 1.165) is 33.2 Å². The van der Waals surface area contributed by atoms with Crippen LogP contribution in [-0.2, 0) is 0 Å². The molecular formula is C21H16N2O3S. The van der Waals surface area contributed by atoms with E-state index in [4.69, 9.17) is 14.9 Å². The molecule has 2 N–H and O–H groups in total. The van der Waals surface area contributed by atoms with Gasteiger partial charge in [0, 0.05) is 16.7 Å². The molecule has 3 aromatic rings. The zero-order chi connectivity index (χ0) is 18.8. The second-order valence-electron chi connectivity index (χ2n) is 5.89. The van der Waals surface area contributed by atoms with E-state index in [1.807, 2.05) is 60.9 Å². The fraction of sp³-hybridized carbons (Fsp3) is 0.0476. The number of benzene rings is 3. The van der Waals surface area contributed by atoms with Crippen LogP contribution >= 0.6 is 11.8 Å². The minimum absolute atomic E-state index is 0.366. The Balaban J connectivity index is 1.91. The van der Waals surface area contributed by atoms with Gasteiger partial charge in [-0.25, -0.2) is 10.5 Å². The summed E-state index contributed by atoms with van der Waals surface area (Å²) in [7, 11) is 0. The molecule has 6 heteroatoms. The summed E-state index contributed by atoms with van der Waals surface area (Å²) in [5, 5.41) is 8.80. The van der Waals surface area contributed by atoms with Gasteiger partial charge in [0.05, 0.1) is 10.6 Å². The standard InChI is InChI=1S/C21H16N2O3S/c1-27-18-8-4-5-15-19(13-9-11-14(12-10-13)21(24)23-25)22-16-6-2-3-7-17(16)26-20(15)18/h2-12,25H,1H3,(H,23,24). The molecule has 1 heterocycles. The summed E-state index contributed by atoms with van der Waals surface area (Å²) in [6.45, 7) is 0. The van der Waals surface area contributed by atoms with E-state index in [1.165, 1.54) is 0 Å². The van der Waals surface area contributed by atoms with Gasteiger partial charge >= 0.3 is 0 Å². The molecule has 0 saturated carbocycles. The number of ether oxygens (including phenoxy) is 1. The molecule has 0 unspecified atom stereocenters. The van der Waals surface area contributed by atoms with E-state index >= 15 is 0 Å². The van der Waals surface area contributed by atoms with E-state index in [1.54, 1.807) is 29.4 Å². The third-order valence-electron chi connectivity index (χ3n) is 4.29. The zero-order valence-corrected chi connectivity index (χ0v) is 15.3. The molecule has 0 atom stereocenters. The van der Waals surface area contributed by atoms with Crippen LogP contribution in [0.1, 0.15) is 21.5 Å². The predicted octanol–water partition coefficient (Wildman–Crippen LogP) is 4.80. The minimum Gasteiger partial charge on any atom is -0.453 e. The van der Waals surface area contributed by atoms with Gasteiger partial charge in [-0.1, -0.05) is 30.3 Å². The van der Waals surface area contributed by atoms with E-state index in [-0.39, 0.29) is 0 Å². The summed E-state index contributed by atoms with van der Waals surface area (Å²) < 4.78 is 6.22. The van der Waals surface area contributed by atoms with Crippen molar-refractivity contribution in [3.05, 3.63) is 83.4 Å². The molecule has 4 rings (SSSR count). The van der Waals surface area contributed by atoms with E-state index in [9.17, 15) is 4.79 Å². The van der Waals surface area contributed by atoms with Crippen LogP contribution in [0.3, 0.4) is 0 Å². The van der Waals surface area contributed by atoms with Crippen LogP contribution in [0, 0.1) is 0 Å². The average Bonchev–Trinajstić information content (AvgIpc) is 2.90. The Hall–Kier alpha value is -3.09. The van der Waals surface area contributed by atoms with Crippen LogP contribution in [0.4, 0.5) is 5.69 Å². The number of thioether (sulfide) groups is 1. The number of nitrogens with one attached hydrogen (secondary N) is 1. The van der Waals surface area contributed by atoms with E-state index in [0.29, 0.717) is 11.3 Å². The molecule has 134 valence electrons. The maximum Gasteiger partial charge on any atom is 0.274 e. The van der Waals surface area contributed by atoms with Crippen molar-refractivity contribution < 1.29 is 14.7 Å². The van der Waals surface area contributed by atoms with Gasteiger partial charge in [-0.2, -0.15) is 0 Å². The zero-order valence-electron chi connectivity index (χ0n) is 14.5. The number of carbonyl (C=O) groups excluding carboxylic acids is 1. The van der Waals surface area contributed by atoms with E-state index in [2.05, 4.69) is 0 Å². The smallest absolute Gasteiger partial charge is 0.274 e. The second-order valence-corrected chi connectivity index (χ2v) is 6.73. The number of hydrogen-bond acceptors (Lipinski definition) is 5. The molecule has 0 saturated heterocycles. The number of aliphatic imine (C=N–C) groups is 1. The number of hydrogen-bond donors (Lipinski definition) is 2. The molecule has 5 nitrogen and oxygen atoms in total. The van der Waals surface area contributed by atoms with Gasteiger partial charge in [-0.3, -0.25) is 10.0 Å². The highest BCUT2D eigenvalue weighted by Gasteiger charge is 2.22. The fourth-order valence-electron chi connectivity index (χ4n) is 2.96. The first-order valence-electron chi connectivity index (χ1n) is 8.29. The third-order valence-corrected chi connectivity index (χ3v) is 5.05. The van der Waals surface area contributed by atoms with Crippen molar-refractivity contribution in [2.45, 2.75) is 4.90 Å². The van der Waals surface area contributed by atoms with Crippen molar-refractivity contribution in [3.8, 4) is 11.5 Å². The normalized spacial score (nSPS) is 12.1. The van der Waals surface area contributed by atoms with Crippen molar-refractivity contribution in [3.63, 3.8) is 0 Å². The van der Waals surface area contributed by atoms with Gasteiger partial charge in [0.1, 0.15) is 11.4 Å². The Morgan fingerprint density at radius 1 is 1.04 bits per heavy atom. The SMILES string of the molecule is CSc1cccc2c1Oc1ccccc1N=C2c1ccc(C(=O)NO)cc1. The summed E-state index contributed by atoms with van der Waals surface area (Å²) in [6, 6.07) is 20.6. The van der Waals surface area contributed by atoms with Gasteiger partial charge < -0.3 is 4.74 Å². The Morgan fingerprint density at radius 2 is 1.81 bits per heavy atom. The molecule has 1 aliphatic rings. The van der Waals surface area contributed by atoms with Gasteiger partial charge in [0.15, 0.2) is 5.75 Å². The molecule has 0 spiro atoms. The first-order valence-corrected chi connectivity index (χ1v) is 9.51. The lowest BCUT2D eigenvalue weighted by Gasteiger charge is -2.13. The molecule has 1 aliphatic heterocycles. The lowest BCUT2D eigenvalue weighted by Crippen LogP contribution is -2.18. The van der Waals surface area contributed by atoms with Crippen molar-refractivity contribution in [2.75, 3.05) is 6.26 Å². The Bertz CT molecular complexity index is 1050. The summed E-state index contributed by atoms with van der Waals surface area (Å²) in [5.41, 5.74) is 5.25. The number of carbonyl (C=O) groups is 1. The maximum atomic E-state index is 11.6. The largest absolute Gasteiger partial charge is 0.453 e. The first-order chi connectivity index (χ1) is 13.2. The Labute approximate surface area is 160 Å². The number of hydroxylamine groups is 1. The molecular weight excluding hydrogens is 360 g/mol. The number of rotatable bonds is 3. The topological polar surface area (TPSA) is 70.9 Å². The quantitative estimate of drug-likeness (QED) is 0.306. The summed E-state index contributed by atoms with van der Waals surface area (Å²) in [6.07, 6.45) is 2.01. The van der Waals surface area contributed by atoms with Crippen molar-refractivity contribution in [1.29, 1.82) is 0 Å². The Kier molecular flexibility index (Phi) is 4.66. The molecule has 0 bridgehead atoms. The van der Waals surface area contributed by atoms with Gasteiger partial charge in [-0.15, -0.1) is 11.8 Å². The van der Waals surface area contributed by atoms with Crippen LogP contribution in [-0.4, -0.2) is 23.1 Å². The lowest BCUT2D eigenvalue weighted by molar-refractivity contribution is 0.0706. The molecule has 0 aliphatic carbocycles. The summed E-state index contributed by atoms with van der Waals surface area (Å²) in [5.74, 6) is 0.917. The first kappa shape index (κ1) is 17.3. The maximum absolute atomic E-state index is 11.6. The van der Waals surface area contributed by atoms with Crippen LogP contribution < -0.4 is 10.2 Å². The van der Waals surface area contributed by atoms with E-state index < -0.39 is 5.91 Å². The second kappa shape index (κ2) is 7.26. The number of amides is 1. The minimum atomic E-state index is -0.553. The highest BCUT2D eigenvalue weighted by Crippen LogP contribution is 2.42. The van der Waals surface area contributed by atoms with Gasteiger partial charge in [0.25, 0.3) is 5.91 Å². The van der Waals surface area contributed by atoms with Crippen LogP contribution in [0.15, 0.2) is 76.6 Å². The summed E-state index contributed by atoms with van der Waals surface area (Å²) in [4.78, 5) is 17.5. The third kappa shape index (κ3) is 3.20. The van der Waals surface area contributed by atoms with Gasteiger partial charge in [-0.05, 0) is 42.7 Å². The molecule has 0 aromatic heterocycles. The Morgan fingerprint density at radius 3 is 2.56 bits per heavy atom. The molecule has 0 radical (unpaired) electrons. The fourth-order valence-corrected chi connectivity index (χ4v) is 3.51. The number of para-hydroxylation sites is 3. The summed E-state index contributed by atoms with van der Waals surface area (Å²) >= 11 is 1.61. The van der Waals surface area contributed by atoms with Crippen LogP contribution in [0.25, 0.3) is 0 Å². The molecule has 0 fully saturated rings. The number of nitrogens with zero attached hydrogens (tertiary/aromatic N) is 1. The average molecular weight is 376 g/mol. The molecule has 27 heavy (non-hydrogen) atoms. The van der Waals surface area contributed by atoms with Gasteiger partial charge in [0.2, 0.25) is 0 Å². The number of fused-ring (bicyclic) bond motifs is 2. The van der Waals surface area contributed by atoms with Crippen LogP contribution in [0.2, 0.25) is 0 Å². The predicted molar refractivity (Wildman–Crippen MR) is 106 cm³/mol. The highest BCUT2D eigenvalue weighted by molar-refractivity contribution is 7.98. The van der Waals surface area contributed by atoms with Crippen LogP contribution in [0.5, 0.6) is 11.5 Å². The highest BCUT2D eigenvalue weighted by atomic mass is 32.2. The molecule has 1 amide bonds. The van der Waals surface area contributed by atoms with Crippen molar-refractivity contribution in [1.82, 2.24) is 5.48 Å². The van der Waals surface area contributed by atoms with Crippen molar-refractivity contribution >= 4 is 29.1 Å². The monoisotopic (exact) mass is 376 g/mol.